The van der Waals surface area contributed by atoms with E-state index in [1.165, 1.54) is 19.1 Å². The van der Waals surface area contributed by atoms with Gasteiger partial charge in [0, 0.05) is 23.9 Å². The van der Waals surface area contributed by atoms with Crippen molar-refractivity contribution >= 4 is 33.4 Å². The molecule has 1 saturated heterocycles. The van der Waals surface area contributed by atoms with Gasteiger partial charge in [0.15, 0.2) is 0 Å². The van der Waals surface area contributed by atoms with Gasteiger partial charge in [-0.2, -0.15) is 0 Å². The van der Waals surface area contributed by atoms with Crippen LogP contribution in [-0.4, -0.2) is 30.0 Å². The number of cyclic esters (lactones) is 1. The number of nitrogens with two attached hydrogens (primary N) is 1. The molecule has 1 heterocycles. The van der Waals surface area contributed by atoms with Crippen LogP contribution in [0.15, 0.2) is 54.3 Å². The van der Waals surface area contributed by atoms with Crippen molar-refractivity contribution in [2.24, 2.45) is 35.3 Å². The maximum atomic E-state index is 13.5. The molecule has 0 spiro atoms. The molecule has 2 aliphatic rings. The number of carbonyl (C=O) groups excluding carboxylic acids is 2. The van der Waals surface area contributed by atoms with Gasteiger partial charge in [-0.1, -0.05) is 40.2 Å². The molecule has 184 valence electrons. The summed E-state index contributed by atoms with van der Waals surface area (Å²) >= 11 is 3.57. The van der Waals surface area contributed by atoms with Crippen molar-refractivity contribution in [2.45, 2.75) is 39.7 Å². The summed E-state index contributed by atoms with van der Waals surface area (Å²) in [5.74, 6) is -0.590. The van der Waals surface area contributed by atoms with Crippen molar-refractivity contribution in [1.82, 2.24) is 0 Å². The van der Waals surface area contributed by atoms with E-state index < -0.39 is 0 Å². The Morgan fingerprint density at radius 2 is 2.09 bits per heavy atom. The van der Waals surface area contributed by atoms with Crippen molar-refractivity contribution in [3.63, 3.8) is 0 Å². The molecule has 0 aromatic heterocycles. The molecule has 3 rings (SSSR count). The molecule has 6 atom stereocenters. The summed E-state index contributed by atoms with van der Waals surface area (Å²) < 4.78 is 24.5. The van der Waals surface area contributed by atoms with Crippen LogP contribution in [0.25, 0.3) is 5.57 Å². The molecule has 1 saturated carbocycles. The maximum Gasteiger partial charge on any atom is 0.309 e. The molecule has 34 heavy (non-hydrogen) atoms. The zero-order valence-electron chi connectivity index (χ0n) is 19.9. The molecule has 1 aromatic rings. The van der Waals surface area contributed by atoms with E-state index in [-0.39, 0.29) is 53.4 Å². The van der Waals surface area contributed by atoms with E-state index in [4.69, 9.17) is 15.2 Å². The van der Waals surface area contributed by atoms with Crippen LogP contribution in [0, 0.1) is 35.4 Å². The van der Waals surface area contributed by atoms with Gasteiger partial charge in [0.05, 0.1) is 12.5 Å². The van der Waals surface area contributed by atoms with Gasteiger partial charge in [-0.3, -0.25) is 9.59 Å². The Morgan fingerprint density at radius 3 is 2.76 bits per heavy atom. The molecule has 1 aromatic carbocycles. The molecule has 2 fully saturated rings. The summed E-state index contributed by atoms with van der Waals surface area (Å²) in [7, 11) is 0. The number of ether oxygens (including phenoxy) is 2. The van der Waals surface area contributed by atoms with E-state index in [1.54, 1.807) is 12.1 Å². The second kappa shape index (κ2) is 11.8. The van der Waals surface area contributed by atoms with E-state index in [0.29, 0.717) is 18.7 Å². The van der Waals surface area contributed by atoms with Gasteiger partial charge in [0.2, 0.25) is 0 Å². The molecule has 6 unspecified atom stereocenters. The number of esters is 2. The quantitative estimate of drug-likeness (QED) is 0.274. The number of hydrogen-bond acceptors (Lipinski definition) is 5. The first-order valence-electron chi connectivity index (χ1n) is 11.7. The first kappa shape index (κ1) is 26.2. The lowest BCUT2D eigenvalue weighted by Crippen LogP contribution is -2.43. The molecule has 0 amide bonds. The Hall–Kier alpha value is -2.41. The minimum Gasteiger partial charge on any atom is -0.466 e. The van der Waals surface area contributed by atoms with E-state index in [9.17, 15) is 14.0 Å². The molecule has 7 heteroatoms. The summed E-state index contributed by atoms with van der Waals surface area (Å²) in [6.45, 7) is 5.55. The lowest BCUT2D eigenvalue weighted by Gasteiger charge is -2.43. The van der Waals surface area contributed by atoms with Gasteiger partial charge in [-0.25, -0.2) is 4.39 Å². The number of allylic oxidation sites excluding steroid dienone is 5. The molecular formula is C27H33BrFNO4. The summed E-state index contributed by atoms with van der Waals surface area (Å²) in [5, 5.41) is 0.806. The molecule has 1 aliphatic heterocycles. The highest BCUT2D eigenvalue weighted by molar-refractivity contribution is 9.09. The SMILES string of the molecule is CC(=O)OCC1CC2C(=O)OC(C)C2C(/C=C/C(N)=C/C=C(\C)c2cccc(F)c2)C1CCBr. The van der Waals surface area contributed by atoms with E-state index in [2.05, 4.69) is 22.0 Å². The van der Waals surface area contributed by atoms with Gasteiger partial charge in [-0.15, -0.1) is 0 Å². The smallest absolute Gasteiger partial charge is 0.309 e. The second-order valence-electron chi connectivity index (χ2n) is 9.23. The number of halogens is 2. The number of rotatable bonds is 8. The number of benzene rings is 1. The van der Waals surface area contributed by atoms with Gasteiger partial charge >= 0.3 is 11.9 Å². The fourth-order valence-corrected chi connectivity index (χ4v) is 5.87. The Bertz CT molecular complexity index is 989. The predicted molar refractivity (Wildman–Crippen MR) is 134 cm³/mol. The Balaban J connectivity index is 1.85. The summed E-state index contributed by atoms with van der Waals surface area (Å²) in [4.78, 5) is 24.0. The summed E-state index contributed by atoms with van der Waals surface area (Å²) in [6.07, 6.45) is 8.98. The number of alkyl halides is 1. The average Bonchev–Trinajstić information content (AvgIpc) is 3.08. The van der Waals surface area contributed by atoms with Crippen molar-refractivity contribution in [2.75, 3.05) is 11.9 Å². The minimum atomic E-state index is -0.318. The van der Waals surface area contributed by atoms with Crippen LogP contribution in [0.4, 0.5) is 4.39 Å². The van der Waals surface area contributed by atoms with Crippen LogP contribution in [0.2, 0.25) is 0 Å². The first-order valence-corrected chi connectivity index (χ1v) is 12.8. The highest BCUT2D eigenvalue weighted by atomic mass is 79.9. The van der Waals surface area contributed by atoms with Gasteiger partial charge < -0.3 is 15.2 Å². The first-order chi connectivity index (χ1) is 16.2. The third kappa shape index (κ3) is 6.38. The number of hydrogen-bond donors (Lipinski definition) is 1. The molecular weight excluding hydrogens is 501 g/mol. The average molecular weight is 534 g/mol. The fourth-order valence-electron chi connectivity index (χ4n) is 5.34. The maximum absolute atomic E-state index is 13.5. The lowest BCUT2D eigenvalue weighted by molar-refractivity contribution is -0.145. The Labute approximate surface area is 209 Å². The van der Waals surface area contributed by atoms with Crippen LogP contribution in [-0.2, 0) is 19.1 Å². The van der Waals surface area contributed by atoms with Crippen molar-refractivity contribution in [3.8, 4) is 0 Å². The third-order valence-corrected chi connectivity index (χ3v) is 7.43. The van der Waals surface area contributed by atoms with Crippen LogP contribution >= 0.6 is 15.9 Å². The van der Waals surface area contributed by atoms with Crippen LogP contribution in [0.5, 0.6) is 0 Å². The van der Waals surface area contributed by atoms with Crippen molar-refractivity contribution in [3.05, 3.63) is 65.6 Å². The van der Waals surface area contributed by atoms with Crippen LogP contribution in [0.1, 0.15) is 39.2 Å². The number of carbonyl (C=O) groups is 2. The van der Waals surface area contributed by atoms with E-state index in [0.717, 1.165) is 22.9 Å². The summed E-state index contributed by atoms with van der Waals surface area (Å²) in [6, 6.07) is 6.43. The van der Waals surface area contributed by atoms with Gasteiger partial charge in [0.1, 0.15) is 11.9 Å². The second-order valence-corrected chi connectivity index (χ2v) is 10.0. The topological polar surface area (TPSA) is 78.6 Å². The highest BCUT2D eigenvalue weighted by Crippen LogP contribution is 2.50. The van der Waals surface area contributed by atoms with Crippen molar-refractivity contribution in [1.29, 1.82) is 0 Å². The standard InChI is InChI=1S/C27H33BrFNO4/c1-16(19-5-4-6-21(29)13-19)7-8-22(30)9-10-24-23(11-12-28)20(15-33-18(3)31)14-25-26(24)17(2)34-27(25)32/h4-10,13,17,20,23-26H,11-12,14-15,30H2,1-3H3/b10-9+,16-7+,22-8-. The zero-order valence-corrected chi connectivity index (χ0v) is 21.5. The third-order valence-electron chi connectivity index (χ3n) is 6.97. The van der Waals surface area contributed by atoms with Gasteiger partial charge in [-0.05, 0) is 79.9 Å². The zero-order chi connectivity index (χ0) is 24.8. The molecule has 0 radical (unpaired) electrons. The largest absolute Gasteiger partial charge is 0.466 e. The monoisotopic (exact) mass is 533 g/mol. The lowest BCUT2D eigenvalue weighted by atomic mass is 9.60. The highest BCUT2D eigenvalue weighted by Gasteiger charge is 2.53. The number of fused-ring (bicyclic) bond motifs is 1. The summed E-state index contributed by atoms with van der Waals surface area (Å²) in [5.41, 5.74) is 8.53. The fraction of sp³-hybridized carbons (Fsp3) is 0.481. The predicted octanol–water partition coefficient (Wildman–Crippen LogP) is 5.41. The van der Waals surface area contributed by atoms with E-state index in [1.807, 2.05) is 32.1 Å². The van der Waals surface area contributed by atoms with Crippen LogP contribution in [0.3, 0.4) is 0 Å². The van der Waals surface area contributed by atoms with Crippen molar-refractivity contribution < 1.29 is 23.5 Å². The van der Waals surface area contributed by atoms with E-state index >= 15 is 0 Å². The molecule has 0 bridgehead atoms. The minimum absolute atomic E-state index is 0.0542. The molecule has 1 aliphatic carbocycles. The Kier molecular flexibility index (Phi) is 9.11. The Morgan fingerprint density at radius 1 is 1.32 bits per heavy atom. The van der Waals surface area contributed by atoms with Crippen LogP contribution < -0.4 is 5.73 Å². The van der Waals surface area contributed by atoms with Gasteiger partial charge in [0.25, 0.3) is 0 Å². The molecule has 2 N–H and O–H groups in total. The normalized spacial score (nSPS) is 29.7. The molecule has 5 nitrogen and oxygen atoms in total.